The fourth-order valence-electron chi connectivity index (χ4n) is 4.89. The smallest absolute Gasteiger partial charge is 0.328 e. The van der Waals surface area contributed by atoms with Crippen LogP contribution in [0.2, 0.25) is 0 Å². The molecule has 1 aromatic carbocycles. The van der Waals surface area contributed by atoms with Crippen molar-refractivity contribution in [1.29, 1.82) is 0 Å². The summed E-state index contributed by atoms with van der Waals surface area (Å²) in [6.07, 6.45) is 5.00. The minimum Gasteiger partial charge on any atom is -0.478 e. The molecular weight excluding hydrogens is 419 g/mol. The van der Waals surface area contributed by atoms with E-state index in [4.69, 9.17) is 5.11 Å². The first-order chi connectivity index (χ1) is 15.0. The third-order valence-corrected chi connectivity index (χ3v) is 6.15. The van der Waals surface area contributed by atoms with Gasteiger partial charge in [0.15, 0.2) is 0 Å². The molecule has 1 aromatic heterocycles. The molecule has 0 bridgehead atoms. The maximum atomic E-state index is 15.5. The third-order valence-electron chi connectivity index (χ3n) is 6.15. The Morgan fingerprint density at radius 2 is 2.16 bits per heavy atom. The highest BCUT2D eigenvalue weighted by atomic mass is 19.1. The fourth-order valence-corrected chi connectivity index (χ4v) is 4.89. The lowest BCUT2D eigenvalue weighted by molar-refractivity contribution is -0.131. The lowest BCUT2D eigenvalue weighted by Crippen LogP contribution is -2.51. The van der Waals surface area contributed by atoms with E-state index in [9.17, 15) is 9.18 Å². The van der Waals surface area contributed by atoms with Gasteiger partial charge < -0.3 is 5.11 Å². The molecule has 4 rings (SSSR count). The van der Waals surface area contributed by atoms with Crippen LogP contribution in [-0.4, -0.2) is 50.6 Å². The SMILES string of the molecule is C[C@@H]1Cc2c(ccc3[nH]ncc23)[C@@H](C2C(F)=CC(/C=C/C(=O)O)=CC2F)N1CC(C)(C)F. The Kier molecular flexibility index (Phi) is 5.75. The van der Waals surface area contributed by atoms with Gasteiger partial charge in [0, 0.05) is 30.1 Å². The van der Waals surface area contributed by atoms with E-state index in [-0.39, 0.29) is 18.2 Å². The highest BCUT2D eigenvalue weighted by Crippen LogP contribution is 2.47. The standard InChI is InChI=1S/C24H26F3N3O2/c1-13-8-16-15(5-6-20-17(16)11-28-29-20)23(30(13)12-24(2,3)27)22-18(25)9-14(10-19(22)26)4-7-21(31)32/h4-7,9-11,13,18,22-23H,8,12H2,1-3H3,(H,28,29)(H,31,32)/b7-4+/t13-,18?,22?,23+/m1/s1. The highest BCUT2D eigenvalue weighted by Gasteiger charge is 2.45. The summed E-state index contributed by atoms with van der Waals surface area (Å²) in [5.41, 5.74) is 1.15. The van der Waals surface area contributed by atoms with Gasteiger partial charge in [-0.2, -0.15) is 5.10 Å². The normalized spacial score (nSPS) is 26.8. The predicted octanol–water partition coefficient (Wildman–Crippen LogP) is 4.99. The maximum Gasteiger partial charge on any atom is 0.328 e. The van der Waals surface area contributed by atoms with E-state index in [2.05, 4.69) is 10.2 Å². The van der Waals surface area contributed by atoms with Gasteiger partial charge in [0.25, 0.3) is 0 Å². The van der Waals surface area contributed by atoms with Gasteiger partial charge in [0.1, 0.15) is 17.7 Å². The van der Waals surface area contributed by atoms with Crippen molar-refractivity contribution in [1.82, 2.24) is 15.1 Å². The zero-order valence-corrected chi connectivity index (χ0v) is 18.1. The van der Waals surface area contributed by atoms with Crippen molar-refractivity contribution >= 4 is 16.9 Å². The summed E-state index contributed by atoms with van der Waals surface area (Å²) in [5.74, 6) is -3.07. The van der Waals surface area contributed by atoms with Crippen LogP contribution in [0.5, 0.6) is 0 Å². The second-order valence-electron chi connectivity index (χ2n) is 9.19. The topological polar surface area (TPSA) is 69.2 Å². The number of H-pyrrole nitrogens is 1. The van der Waals surface area contributed by atoms with E-state index >= 15 is 8.78 Å². The summed E-state index contributed by atoms with van der Waals surface area (Å²) in [6, 6.07) is 2.79. The Balaban J connectivity index is 1.82. The molecule has 2 aliphatic rings. The number of benzene rings is 1. The van der Waals surface area contributed by atoms with E-state index in [0.29, 0.717) is 6.42 Å². The van der Waals surface area contributed by atoms with Gasteiger partial charge in [-0.05, 0) is 68.2 Å². The average Bonchev–Trinajstić information content (AvgIpc) is 3.16. The number of halogens is 3. The Labute approximate surface area is 184 Å². The first-order valence-electron chi connectivity index (χ1n) is 10.6. The summed E-state index contributed by atoms with van der Waals surface area (Å²) in [5, 5.41) is 16.7. The lowest BCUT2D eigenvalue weighted by Gasteiger charge is -2.47. The van der Waals surface area contributed by atoms with Gasteiger partial charge in [0.05, 0.1) is 17.6 Å². The molecular formula is C24H26F3N3O2. The largest absolute Gasteiger partial charge is 0.478 e. The van der Waals surface area contributed by atoms with Crippen LogP contribution in [0.25, 0.3) is 10.9 Å². The molecule has 1 aliphatic heterocycles. The fraction of sp³-hybridized carbons (Fsp3) is 0.417. The molecule has 170 valence electrons. The molecule has 1 aliphatic carbocycles. The van der Waals surface area contributed by atoms with Crippen LogP contribution >= 0.6 is 0 Å². The second-order valence-corrected chi connectivity index (χ2v) is 9.19. The number of hydrogen-bond donors (Lipinski definition) is 2. The average molecular weight is 445 g/mol. The Morgan fingerprint density at radius 3 is 2.81 bits per heavy atom. The molecule has 5 nitrogen and oxygen atoms in total. The van der Waals surface area contributed by atoms with Crippen LogP contribution in [-0.2, 0) is 11.2 Å². The number of carboxylic acid groups (broad SMARTS) is 1. The molecule has 0 saturated heterocycles. The van der Waals surface area contributed by atoms with Gasteiger partial charge in [-0.25, -0.2) is 18.0 Å². The zero-order chi connectivity index (χ0) is 23.2. The quantitative estimate of drug-likeness (QED) is 0.637. The van der Waals surface area contributed by atoms with Crippen LogP contribution in [0.3, 0.4) is 0 Å². The van der Waals surface area contributed by atoms with Gasteiger partial charge in [-0.15, -0.1) is 0 Å². The van der Waals surface area contributed by atoms with Crippen molar-refractivity contribution in [2.45, 2.75) is 51.1 Å². The van der Waals surface area contributed by atoms with Crippen LogP contribution in [0.4, 0.5) is 13.2 Å². The van der Waals surface area contributed by atoms with Crippen molar-refractivity contribution in [3.63, 3.8) is 0 Å². The molecule has 2 heterocycles. The number of hydrogen-bond acceptors (Lipinski definition) is 3. The van der Waals surface area contributed by atoms with Crippen LogP contribution in [0, 0.1) is 5.92 Å². The number of carbonyl (C=O) groups is 1. The van der Waals surface area contributed by atoms with Gasteiger partial charge in [0.2, 0.25) is 0 Å². The van der Waals surface area contributed by atoms with Crippen LogP contribution < -0.4 is 0 Å². The van der Waals surface area contributed by atoms with Crippen molar-refractivity contribution in [2.24, 2.45) is 5.92 Å². The van der Waals surface area contributed by atoms with Gasteiger partial charge in [-0.3, -0.25) is 10.00 Å². The Morgan fingerprint density at radius 1 is 1.41 bits per heavy atom. The zero-order valence-electron chi connectivity index (χ0n) is 18.1. The number of rotatable bonds is 5. The molecule has 0 spiro atoms. The van der Waals surface area contributed by atoms with Crippen molar-refractivity contribution < 1.29 is 23.1 Å². The molecule has 2 N–H and O–H groups in total. The summed E-state index contributed by atoms with van der Waals surface area (Å²) in [6.45, 7) is 4.88. The number of nitrogens with zero attached hydrogens (tertiary/aromatic N) is 2. The Hall–Kier alpha value is -2.87. The van der Waals surface area contributed by atoms with Crippen LogP contribution in [0.15, 0.2) is 54.0 Å². The molecule has 0 fully saturated rings. The van der Waals surface area contributed by atoms with Crippen molar-refractivity contribution in [3.05, 3.63) is 65.2 Å². The number of aromatic nitrogens is 2. The summed E-state index contributed by atoms with van der Waals surface area (Å²) < 4.78 is 45.6. The monoisotopic (exact) mass is 445 g/mol. The van der Waals surface area contributed by atoms with E-state index in [1.807, 2.05) is 24.0 Å². The molecule has 4 atom stereocenters. The first-order valence-corrected chi connectivity index (χ1v) is 10.6. The van der Waals surface area contributed by atoms with E-state index < -0.39 is 35.6 Å². The molecule has 0 radical (unpaired) electrons. The van der Waals surface area contributed by atoms with Crippen molar-refractivity contribution in [2.75, 3.05) is 6.54 Å². The number of carboxylic acids is 1. The minimum atomic E-state index is -1.71. The van der Waals surface area contributed by atoms with Gasteiger partial charge in [-0.1, -0.05) is 6.07 Å². The first kappa shape index (κ1) is 22.3. The van der Waals surface area contributed by atoms with E-state index in [1.165, 1.54) is 26.0 Å². The van der Waals surface area contributed by atoms with E-state index in [0.717, 1.165) is 34.2 Å². The molecule has 2 unspecified atom stereocenters. The lowest BCUT2D eigenvalue weighted by atomic mass is 9.76. The molecule has 0 amide bonds. The minimum absolute atomic E-state index is 0.0215. The molecule has 0 saturated carbocycles. The molecule has 2 aromatic rings. The molecule has 8 heteroatoms. The summed E-state index contributed by atoms with van der Waals surface area (Å²) >= 11 is 0. The summed E-state index contributed by atoms with van der Waals surface area (Å²) in [4.78, 5) is 12.6. The van der Waals surface area contributed by atoms with E-state index in [1.54, 1.807) is 6.20 Å². The third kappa shape index (κ3) is 4.24. The number of alkyl halides is 2. The Bertz CT molecular complexity index is 1130. The van der Waals surface area contributed by atoms with Crippen LogP contribution in [0.1, 0.15) is 37.9 Å². The number of nitrogens with one attached hydrogen (secondary N) is 1. The maximum absolute atomic E-state index is 15.5. The number of aliphatic carboxylic acids is 1. The highest BCUT2D eigenvalue weighted by molar-refractivity contribution is 5.83. The number of fused-ring (bicyclic) bond motifs is 3. The molecule has 32 heavy (non-hydrogen) atoms. The second kappa shape index (κ2) is 8.24. The predicted molar refractivity (Wildman–Crippen MR) is 116 cm³/mol. The number of allylic oxidation sites excluding steroid dienone is 4. The van der Waals surface area contributed by atoms with Crippen molar-refractivity contribution in [3.8, 4) is 0 Å². The summed E-state index contributed by atoms with van der Waals surface area (Å²) in [7, 11) is 0. The van der Waals surface area contributed by atoms with Gasteiger partial charge >= 0.3 is 5.97 Å². The number of aromatic amines is 1.